The van der Waals surface area contributed by atoms with Crippen molar-refractivity contribution in [2.45, 2.75) is 39.3 Å². The molecule has 1 amide bonds. The van der Waals surface area contributed by atoms with Gasteiger partial charge in [-0.25, -0.2) is 4.79 Å². The predicted molar refractivity (Wildman–Crippen MR) is 81.9 cm³/mol. The van der Waals surface area contributed by atoms with Gasteiger partial charge >= 0.3 is 12.1 Å². The molecule has 0 aliphatic heterocycles. The zero-order chi connectivity index (χ0) is 16.9. The summed E-state index contributed by atoms with van der Waals surface area (Å²) in [5.41, 5.74) is 0.0163. The first-order valence-corrected chi connectivity index (χ1v) is 7.00. The minimum absolute atomic E-state index is 0.651. The van der Waals surface area contributed by atoms with Gasteiger partial charge in [0.1, 0.15) is 11.4 Å². The second-order valence-electron chi connectivity index (χ2n) is 6.02. The first-order valence-electron chi connectivity index (χ1n) is 7.00. The van der Waals surface area contributed by atoms with E-state index in [2.05, 4.69) is 5.32 Å². The van der Waals surface area contributed by atoms with E-state index in [4.69, 9.17) is 9.47 Å². The molecule has 122 valence electrons. The van der Waals surface area contributed by atoms with Gasteiger partial charge in [-0.15, -0.1) is 0 Å². The van der Waals surface area contributed by atoms with Gasteiger partial charge in [-0.1, -0.05) is 12.1 Å². The van der Waals surface area contributed by atoms with E-state index in [1.54, 1.807) is 52.1 Å². The second-order valence-corrected chi connectivity index (χ2v) is 6.02. The summed E-state index contributed by atoms with van der Waals surface area (Å²) in [4.78, 5) is 23.2. The first-order chi connectivity index (χ1) is 10.1. The van der Waals surface area contributed by atoms with Crippen LogP contribution in [0.5, 0.6) is 5.75 Å². The average Bonchev–Trinajstić information content (AvgIpc) is 2.42. The lowest BCUT2D eigenvalue weighted by Gasteiger charge is -2.26. The number of carboxylic acids is 1. The van der Waals surface area contributed by atoms with Gasteiger partial charge in [-0.3, -0.25) is 4.79 Å². The van der Waals surface area contributed by atoms with E-state index in [1.807, 2.05) is 0 Å². The number of alkyl carbamates (subject to hydrolysis) is 1. The Balaban J connectivity index is 2.97. The molecule has 0 aliphatic rings. The van der Waals surface area contributed by atoms with Gasteiger partial charge in [0.25, 0.3) is 0 Å². The molecule has 2 N–H and O–H groups in total. The Hall–Kier alpha value is -2.24. The van der Waals surface area contributed by atoms with Crippen LogP contribution in [0, 0.1) is 5.92 Å². The number of carbonyl (C=O) groups excluding carboxylic acids is 1. The Morgan fingerprint density at radius 3 is 2.14 bits per heavy atom. The van der Waals surface area contributed by atoms with E-state index >= 15 is 0 Å². The van der Waals surface area contributed by atoms with Crippen molar-refractivity contribution in [2.75, 3.05) is 7.11 Å². The van der Waals surface area contributed by atoms with Crippen molar-refractivity contribution in [1.29, 1.82) is 0 Å². The van der Waals surface area contributed by atoms with Gasteiger partial charge in [0.15, 0.2) is 0 Å². The number of methoxy groups -OCH3 is 1. The molecule has 1 aromatic rings. The largest absolute Gasteiger partial charge is 0.497 e. The molecule has 1 rings (SSSR count). The third-order valence-electron chi connectivity index (χ3n) is 3.04. The Morgan fingerprint density at radius 2 is 1.73 bits per heavy atom. The highest BCUT2D eigenvalue weighted by Gasteiger charge is 2.28. The topological polar surface area (TPSA) is 84.9 Å². The summed E-state index contributed by atoms with van der Waals surface area (Å²) in [6, 6.07) is 6.18. The van der Waals surface area contributed by atoms with Crippen molar-refractivity contribution in [3.05, 3.63) is 29.8 Å². The fourth-order valence-corrected chi connectivity index (χ4v) is 1.89. The predicted octanol–water partition coefficient (Wildman–Crippen LogP) is 2.98. The highest BCUT2D eigenvalue weighted by atomic mass is 16.6. The molecular formula is C16H23NO5. The van der Waals surface area contributed by atoms with Crippen LogP contribution in [0.1, 0.15) is 39.3 Å². The molecule has 0 fully saturated rings. The lowest BCUT2D eigenvalue weighted by Crippen LogP contribution is -2.39. The Bertz CT molecular complexity index is 518. The number of aliphatic carboxylic acids is 1. The molecule has 0 saturated heterocycles. The van der Waals surface area contributed by atoms with Crippen LogP contribution >= 0.6 is 0 Å². The summed E-state index contributed by atoms with van der Waals surface area (Å²) >= 11 is 0. The van der Waals surface area contributed by atoms with E-state index in [0.717, 1.165) is 0 Å². The Kier molecular flexibility index (Phi) is 5.79. The van der Waals surface area contributed by atoms with Crippen LogP contribution < -0.4 is 10.1 Å². The molecule has 0 bridgehead atoms. The average molecular weight is 309 g/mol. The monoisotopic (exact) mass is 309 g/mol. The standard InChI is InChI=1S/C16H23NO5/c1-10(14(18)19)13(17-15(20)22-16(2,3)4)11-6-8-12(21-5)9-7-11/h6-10,13H,1-5H3,(H,17,20)(H,18,19). The molecule has 6 heteroatoms. The molecule has 22 heavy (non-hydrogen) atoms. The van der Waals surface area contributed by atoms with Crippen LogP contribution in [0.3, 0.4) is 0 Å². The quantitative estimate of drug-likeness (QED) is 0.873. The van der Waals surface area contributed by atoms with E-state index in [1.165, 1.54) is 6.92 Å². The molecule has 0 heterocycles. The Labute approximate surface area is 130 Å². The van der Waals surface area contributed by atoms with E-state index in [-0.39, 0.29) is 0 Å². The van der Waals surface area contributed by atoms with Gasteiger partial charge < -0.3 is 19.9 Å². The lowest BCUT2D eigenvalue weighted by molar-refractivity contribution is -0.142. The molecule has 0 spiro atoms. The molecule has 0 aromatic heterocycles. The van der Waals surface area contributed by atoms with Crippen molar-refractivity contribution in [3.8, 4) is 5.75 Å². The summed E-state index contributed by atoms with van der Waals surface area (Å²) < 4.78 is 10.3. The van der Waals surface area contributed by atoms with Crippen molar-refractivity contribution in [1.82, 2.24) is 5.32 Å². The van der Waals surface area contributed by atoms with Crippen LogP contribution in [-0.4, -0.2) is 29.9 Å². The number of benzene rings is 1. The molecule has 2 atom stereocenters. The molecule has 0 aliphatic carbocycles. The maximum Gasteiger partial charge on any atom is 0.408 e. The normalized spacial score (nSPS) is 13.9. The van der Waals surface area contributed by atoms with Crippen LogP contribution in [-0.2, 0) is 9.53 Å². The fourth-order valence-electron chi connectivity index (χ4n) is 1.89. The molecule has 6 nitrogen and oxygen atoms in total. The lowest BCUT2D eigenvalue weighted by atomic mass is 9.94. The zero-order valence-electron chi connectivity index (χ0n) is 13.5. The van der Waals surface area contributed by atoms with Gasteiger partial charge in [-0.2, -0.15) is 0 Å². The second kappa shape index (κ2) is 7.15. The number of hydrogen-bond donors (Lipinski definition) is 2. The highest BCUT2D eigenvalue weighted by molar-refractivity contribution is 5.74. The summed E-state index contributed by atoms with van der Waals surface area (Å²) in [5.74, 6) is -1.15. The smallest absolute Gasteiger partial charge is 0.408 e. The number of rotatable bonds is 5. The van der Waals surface area contributed by atoms with Crippen LogP contribution in [0.25, 0.3) is 0 Å². The number of carbonyl (C=O) groups is 2. The molecule has 0 saturated carbocycles. The van der Waals surface area contributed by atoms with Crippen LogP contribution in [0.4, 0.5) is 4.79 Å². The summed E-state index contributed by atoms with van der Waals surface area (Å²) in [7, 11) is 1.55. The number of hydrogen-bond acceptors (Lipinski definition) is 4. The molecule has 2 unspecified atom stereocenters. The van der Waals surface area contributed by atoms with Gasteiger partial charge in [0.05, 0.1) is 19.1 Å². The van der Waals surface area contributed by atoms with Gasteiger partial charge in [0.2, 0.25) is 0 Å². The third kappa shape index (κ3) is 5.27. The van der Waals surface area contributed by atoms with Crippen molar-refractivity contribution in [2.24, 2.45) is 5.92 Å². The van der Waals surface area contributed by atoms with Crippen molar-refractivity contribution in [3.63, 3.8) is 0 Å². The SMILES string of the molecule is COc1ccc(C(NC(=O)OC(C)(C)C)C(C)C(=O)O)cc1. The zero-order valence-corrected chi connectivity index (χ0v) is 13.5. The van der Waals surface area contributed by atoms with Crippen molar-refractivity contribution >= 4 is 12.1 Å². The van der Waals surface area contributed by atoms with E-state index in [0.29, 0.717) is 11.3 Å². The highest BCUT2D eigenvalue weighted by Crippen LogP contribution is 2.25. The maximum atomic E-state index is 11.9. The van der Waals surface area contributed by atoms with Crippen LogP contribution in [0.2, 0.25) is 0 Å². The number of carboxylic acid groups (broad SMARTS) is 1. The minimum atomic E-state index is -1.00. The van der Waals surface area contributed by atoms with Gasteiger partial charge in [-0.05, 0) is 45.4 Å². The summed E-state index contributed by atoms with van der Waals surface area (Å²) in [5, 5.41) is 11.9. The third-order valence-corrected chi connectivity index (χ3v) is 3.04. The number of ether oxygens (including phenoxy) is 2. The van der Waals surface area contributed by atoms with E-state index in [9.17, 15) is 14.7 Å². The fraction of sp³-hybridized carbons (Fsp3) is 0.500. The molecule has 1 aromatic carbocycles. The van der Waals surface area contributed by atoms with E-state index < -0.39 is 29.6 Å². The molecule has 0 radical (unpaired) electrons. The Morgan fingerprint density at radius 1 is 1.18 bits per heavy atom. The molecular weight excluding hydrogens is 286 g/mol. The van der Waals surface area contributed by atoms with Gasteiger partial charge in [0, 0.05) is 0 Å². The van der Waals surface area contributed by atoms with Crippen molar-refractivity contribution < 1.29 is 24.2 Å². The summed E-state index contributed by atoms with van der Waals surface area (Å²) in [6.45, 7) is 6.77. The first kappa shape index (κ1) is 17.8. The number of nitrogens with one attached hydrogen (secondary N) is 1. The summed E-state index contributed by atoms with van der Waals surface area (Å²) in [6.07, 6.45) is -0.651. The minimum Gasteiger partial charge on any atom is -0.497 e. The number of amides is 1. The van der Waals surface area contributed by atoms with Crippen LogP contribution in [0.15, 0.2) is 24.3 Å². The maximum absolute atomic E-state index is 11.9.